The van der Waals surface area contributed by atoms with E-state index in [4.69, 9.17) is 0 Å². The molecule has 0 aromatic carbocycles. The van der Waals surface area contributed by atoms with Crippen LogP contribution in [0.1, 0.15) is 25.0 Å². The van der Waals surface area contributed by atoms with Gasteiger partial charge in [-0.25, -0.2) is 0 Å². The van der Waals surface area contributed by atoms with Crippen LogP contribution in [0.25, 0.3) is 0 Å². The molecule has 1 N–H and O–H groups in total. The van der Waals surface area contributed by atoms with Crippen LogP contribution in [-0.2, 0) is 13.5 Å². The maximum atomic E-state index is 9.75. The number of hydrogen-bond donors (Lipinski definition) is 1. The van der Waals surface area contributed by atoms with Gasteiger partial charge in [-0.05, 0) is 18.8 Å². The van der Waals surface area contributed by atoms with Gasteiger partial charge in [0.05, 0.1) is 11.8 Å². The zero-order valence-corrected chi connectivity index (χ0v) is 7.85. The Kier molecular flexibility index (Phi) is 2.31. The minimum absolute atomic E-state index is 0.217. The summed E-state index contributed by atoms with van der Waals surface area (Å²) in [5.41, 5.74) is 0.891. The molecule has 0 aliphatic heterocycles. The molecular formula is C9H15N3O. The number of aryl methyl sites for hydroxylation is 1. The lowest BCUT2D eigenvalue weighted by Crippen LogP contribution is -2.28. The highest BCUT2D eigenvalue weighted by Gasteiger charge is 2.26. The lowest BCUT2D eigenvalue weighted by Gasteiger charge is -2.29. The van der Waals surface area contributed by atoms with E-state index in [1.165, 1.54) is 19.3 Å². The molecule has 1 aromatic heterocycles. The van der Waals surface area contributed by atoms with Crippen molar-refractivity contribution in [2.24, 2.45) is 13.0 Å². The van der Waals surface area contributed by atoms with Crippen LogP contribution in [-0.4, -0.2) is 26.2 Å². The first-order valence-corrected chi connectivity index (χ1v) is 4.79. The molecule has 0 spiro atoms. The lowest BCUT2D eigenvalue weighted by molar-refractivity contribution is 0.0622. The standard InChI is InChI=1S/C9H15N3O/c1-12-6-8(10-11-12)5-9(13)7-3-2-4-7/h6-7,9,13H,2-5H2,1H3. The summed E-state index contributed by atoms with van der Waals surface area (Å²) in [6.45, 7) is 0. The molecule has 4 nitrogen and oxygen atoms in total. The quantitative estimate of drug-likeness (QED) is 0.739. The van der Waals surface area contributed by atoms with Crippen molar-refractivity contribution in [3.8, 4) is 0 Å². The Bertz CT molecular complexity index is 280. The molecule has 4 heteroatoms. The van der Waals surface area contributed by atoms with E-state index in [1.54, 1.807) is 4.68 Å². The summed E-state index contributed by atoms with van der Waals surface area (Å²) in [5, 5.41) is 17.5. The Morgan fingerprint density at radius 2 is 2.46 bits per heavy atom. The predicted octanol–water partition coefficient (Wildman–Crippen LogP) is 0.519. The highest BCUT2D eigenvalue weighted by molar-refractivity contribution is 4.96. The number of aliphatic hydroxyl groups is 1. The maximum Gasteiger partial charge on any atom is 0.0852 e. The van der Waals surface area contributed by atoms with Crippen LogP contribution >= 0.6 is 0 Å². The van der Waals surface area contributed by atoms with Crippen molar-refractivity contribution in [1.29, 1.82) is 0 Å². The highest BCUT2D eigenvalue weighted by Crippen LogP contribution is 2.30. The molecule has 1 aliphatic carbocycles. The van der Waals surface area contributed by atoms with Gasteiger partial charge in [-0.3, -0.25) is 4.68 Å². The number of hydrogen-bond acceptors (Lipinski definition) is 3. The average Bonchev–Trinajstić information content (AvgIpc) is 2.31. The Hall–Kier alpha value is -0.900. The molecule has 1 unspecified atom stereocenters. The van der Waals surface area contributed by atoms with Gasteiger partial charge in [0.15, 0.2) is 0 Å². The van der Waals surface area contributed by atoms with E-state index in [0.717, 1.165) is 5.69 Å². The van der Waals surface area contributed by atoms with E-state index < -0.39 is 0 Å². The van der Waals surface area contributed by atoms with Gasteiger partial charge in [-0.1, -0.05) is 11.6 Å². The molecule has 2 rings (SSSR count). The number of rotatable bonds is 3. The summed E-state index contributed by atoms with van der Waals surface area (Å²) in [6.07, 6.45) is 5.90. The minimum Gasteiger partial charge on any atom is -0.392 e. The second kappa shape index (κ2) is 3.46. The third kappa shape index (κ3) is 1.88. The van der Waals surface area contributed by atoms with Crippen LogP contribution in [0.5, 0.6) is 0 Å². The largest absolute Gasteiger partial charge is 0.392 e. The number of nitrogens with zero attached hydrogens (tertiary/aromatic N) is 3. The zero-order valence-electron chi connectivity index (χ0n) is 7.85. The minimum atomic E-state index is -0.217. The van der Waals surface area contributed by atoms with Crippen LogP contribution in [0.3, 0.4) is 0 Å². The van der Waals surface area contributed by atoms with E-state index in [1.807, 2.05) is 13.2 Å². The van der Waals surface area contributed by atoms with E-state index >= 15 is 0 Å². The molecule has 1 heterocycles. The Morgan fingerprint density at radius 3 is 2.92 bits per heavy atom. The van der Waals surface area contributed by atoms with Crippen molar-refractivity contribution in [2.75, 3.05) is 0 Å². The fraction of sp³-hybridized carbons (Fsp3) is 0.778. The highest BCUT2D eigenvalue weighted by atomic mass is 16.3. The summed E-state index contributed by atoms with van der Waals surface area (Å²) < 4.78 is 1.67. The first-order valence-electron chi connectivity index (χ1n) is 4.79. The van der Waals surface area contributed by atoms with Crippen molar-refractivity contribution < 1.29 is 5.11 Å². The SMILES string of the molecule is Cn1cc(CC(O)C2CCC2)nn1. The van der Waals surface area contributed by atoms with Crippen molar-refractivity contribution in [3.05, 3.63) is 11.9 Å². The molecule has 0 amide bonds. The van der Waals surface area contributed by atoms with E-state index in [2.05, 4.69) is 10.3 Å². The van der Waals surface area contributed by atoms with E-state index in [0.29, 0.717) is 12.3 Å². The van der Waals surface area contributed by atoms with Gasteiger partial charge in [-0.15, -0.1) is 5.10 Å². The molecule has 72 valence electrons. The molecule has 13 heavy (non-hydrogen) atoms. The normalized spacial score (nSPS) is 19.8. The third-order valence-corrected chi connectivity index (χ3v) is 2.76. The van der Waals surface area contributed by atoms with Crippen molar-refractivity contribution >= 4 is 0 Å². The summed E-state index contributed by atoms with van der Waals surface area (Å²) in [7, 11) is 1.84. The van der Waals surface area contributed by atoms with Gasteiger partial charge in [0.1, 0.15) is 0 Å². The predicted molar refractivity (Wildman–Crippen MR) is 48.1 cm³/mol. The molecule has 0 radical (unpaired) electrons. The molecule has 1 aromatic rings. The summed E-state index contributed by atoms with van der Waals surface area (Å²) >= 11 is 0. The van der Waals surface area contributed by atoms with Gasteiger partial charge in [0.25, 0.3) is 0 Å². The van der Waals surface area contributed by atoms with E-state index in [9.17, 15) is 5.11 Å². The first kappa shape index (κ1) is 8.69. The molecule has 0 bridgehead atoms. The summed E-state index contributed by atoms with van der Waals surface area (Å²) in [4.78, 5) is 0. The molecular weight excluding hydrogens is 166 g/mol. The van der Waals surface area contributed by atoms with Crippen LogP contribution in [0, 0.1) is 5.92 Å². The van der Waals surface area contributed by atoms with Crippen LogP contribution in [0.15, 0.2) is 6.20 Å². The van der Waals surface area contributed by atoms with Gasteiger partial charge < -0.3 is 5.11 Å². The molecule has 1 aliphatic rings. The van der Waals surface area contributed by atoms with Gasteiger partial charge in [0, 0.05) is 19.7 Å². The fourth-order valence-electron chi connectivity index (χ4n) is 1.69. The van der Waals surface area contributed by atoms with Gasteiger partial charge in [0.2, 0.25) is 0 Å². The second-order valence-electron chi connectivity index (χ2n) is 3.85. The summed E-state index contributed by atoms with van der Waals surface area (Å²) in [5.74, 6) is 0.502. The fourth-order valence-corrected chi connectivity index (χ4v) is 1.69. The van der Waals surface area contributed by atoms with Crippen molar-refractivity contribution in [1.82, 2.24) is 15.0 Å². The first-order chi connectivity index (χ1) is 6.25. The Morgan fingerprint density at radius 1 is 1.69 bits per heavy atom. The smallest absolute Gasteiger partial charge is 0.0852 e. The monoisotopic (exact) mass is 181 g/mol. The van der Waals surface area contributed by atoms with Gasteiger partial charge >= 0.3 is 0 Å². The molecule has 1 fully saturated rings. The van der Waals surface area contributed by atoms with Crippen molar-refractivity contribution in [3.63, 3.8) is 0 Å². The topological polar surface area (TPSA) is 50.9 Å². The molecule has 1 atom stereocenters. The van der Waals surface area contributed by atoms with E-state index in [-0.39, 0.29) is 6.10 Å². The Balaban J connectivity index is 1.89. The molecule has 0 saturated heterocycles. The van der Waals surface area contributed by atoms with Crippen LogP contribution in [0.2, 0.25) is 0 Å². The maximum absolute atomic E-state index is 9.75. The zero-order chi connectivity index (χ0) is 9.26. The second-order valence-corrected chi connectivity index (χ2v) is 3.85. The average molecular weight is 181 g/mol. The lowest BCUT2D eigenvalue weighted by atomic mass is 9.80. The van der Waals surface area contributed by atoms with Crippen LogP contribution < -0.4 is 0 Å². The summed E-state index contributed by atoms with van der Waals surface area (Å²) in [6, 6.07) is 0. The van der Waals surface area contributed by atoms with Crippen molar-refractivity contribution in [2.45, 2.75) is 31.8 Å². The third-order valence-electron chi connectivity index (χ3n) is 2.76. The molecule has 1 saturated carbocycles. The van der Waals surface area contributed by atoms with Gasteiger partial charge in [-0.2, -0.15) is 0 Å². The van der Waals surface area contributed by atoms with Crippen LogP contribution in [0.4, 0.5) is 0 Å². The Labute approximate surface area is 77.6 Å². The number of aromatic nitrogens is 3. The number of aliphatic hydroxyl groups excluding tert-OH is 1.